The molecule has 0 aliphatic carbocycles. The first-order valence-corrected chi connectivity index (χ1v) is 4.23. The van der Waals surface area contributed by atoms with Crippen molar-refractivity contribution in [3.05, 3.63) is 17.5 Å². The van der Waals surface area contributed by atoms with Crippen LogP contribution in [0.2, 0.25) is 0 Å². The van der Waals surface area contributed by atoms with Crippen LogP contribution in [0.15, 0.2) is 6.07 Å². The molecular weight excluding hydrogens is 200 g/mol. The second kappa shape index (κ2) is 6.50. The van der Waals surface area contributed by atoms with E-state index >= 15 is 0 Å². The lowest BCUT2D eigenvalue weighted by Crippen LogP contribution is -2.05. The normalized spacial score (nSPS) is 8.47. The van der Waals surface area contributed by atoms with Crippen LogP contribution in [-0.4, -0.2) is 28.5 Å². The lowest BCUT2D eigenvalue weighted by Gasteiger charge is -1.95. The molecule has 0 amide bonds. The van der Waals surface area contributed by atoms with E-state index in [1.54, 1.807) is 24.7 Å². The number of aromatic nitrogens is 2. The summed E-state index contributed by atoms with van der Waals surface area (Å²) < 4.78 is 6.43. The first-order valence-electron chi connectivity index (χ1n) is 4.23. The van der Waals surface area contributed by atoms with E-state index in [2.05, 4.69) is 5.10 Å². The maximum atomic E-state index is 11.1. The summed E-state index contributed by atoms with van der Waals surface area (Å²) in [5.74, 6) is -0.360. The van der Waals surface area contributed by atoms with Crippen LogP contribution in [0.5, 0.6) is 0 Å². The van der Waals surface area contributed by atoms with Gasteiger partial charge in [-0.05, 0) is 19.9 Å². The van der Waals surface area contributed by atoms with Gasteiger partial charge in [0.05, 0.1) is 6.61 Å². The zero-order valence-corrected chi connectivity index (χ0v) is 8.81. The molecule has 0 unspecified atom stereocenters. The standard InChI is InChI=1S/C8H12N2O2.CO2/c1-4-12-8(11)7-5-6(2)10(3)9-7;2-1-3/h5H,4H2,1-3H3;. The molecule has 0 saturated carbocycles. The number of aryl methyl sites for hydroxylation is 2. The summed E-state index contributed by atoms with van der Waals surface area (Å²) in [5.41, 5.74) is 1.31. The molecule has 1 aromatic heterocycles. The van der Waals surface area contributed by atoms with Crippen molar-refractivity contribution in [2.24, 2.45) is 7.05 Å². The van der Waals surface area contributed by atoms with Gasteiger partial charge in [-0.15, -0.1) is 0 Å². The minimum Gasteiger partial charge on any atom is -0.461 e. The number of carbonyl (C=O) groups excluding carboxylic acids is 3. The van der Waals surface area contributed by atoms with Crippen LogP contribution in [0, 0.1) is 6.92 Å². The minimum atomic E-state index is -0.360. The molecule has 6 nitrogen and oxygen atoms in total. The Morgan fingerprint density at radius 1 is 1.60 bits per heavy atom. The molecule has 6 heteroatoms. The number of nitrogens with zero attached hydrogens (tertiary/aromatic N) is 2. The van der Waals surface area contributed by atoms with Crippen LogP contribution in [0.1, 0.15) is 23.1 Å². The third-order valence-corrected chi connectivity index (χ3v) is 1.60. The molecule has 0 aromatic carbocycles. The van der Waals surface area contributed by atoms with Crippen LogP contribution in [0.3, 0.4) is 0 Å². The summed E-state index contributed by atoms with van der Waals surface area (Å²) in [7, 11) is 1.79. The average Bonchev–Trinajstić information content (AvgIpc) is 2.49. The topological polar surface area (TPSA) is 78.3 Å². The van der Waals surface area contributed by atoms with Gasteiger partial charge >= 0.3 is 12.1 Å². The van der Waals surface area contributed by atoms with E-state index in [-0.39, 0.29) is 12.1 Å². The zero-order valence-electron chi connectivity index (χ0n) is 8.81. The van der Waals surface area contributed by atoms with E-state index in [0.717, 1.165) is 5.69 Å². The van der Waals surface area contributed by atoms with Gasteiger partial charge in [0.2, 0.25) is 0 Å². The fourth-order valence-corrected chi connectivity index (χ4v) is 0.865. The highest BCUT2D eigenvalue weighted by atomic mass is 16.5. The Morgan fingerprint density at radius 3 is 2.47 bits per heavy atom. The fourth-order valence-electron chi connectivity index (χ4n) is 0.865. The van der Waals surface area contributed by atoms with Gasteiger partial charge in [0.25, 0.3) is 0 Å². The summed E-state index contributed by atoms with van der Waals surface area (Å²) in [4.78, 5) is 27.4. The molecule has 0 aliphatic rings. The number of hydrogen-bond donors (Lipinski definition) is 0. The van der Waals surface area contributed by atoms with Crippen molar-refractivity contribution >= 4 is 12.1 Å². The zero-order chi connectivity index (χ0) is 11.8. The molecule has 82 valence electrons. The highest BCUT2D eigenvalue weighted by Gasteiger charge is 2.10. The molecule has 0 aliphatic heterocycles. The summed E-state index contributed by atoms with van der Waals surface area (Å²) >= 11 is 0. The Labute approximate surface area is 86.8 Å². The third-order valence-electron chi connectivity index (χ3n) is 1.60. The largest absolute Gasteiger partial charge is 0.461 e. The predicted octanol–water partition coefficient (Wildman–Crippen LogP) is 0.322. The lowest BCUT2D eigenvalue weighted by atomic mass is 10.4. The van der Waals surface area contributed by atoms with Crippen LogP contribution < -0.4 is 0 Å². The summed E-state index contributed by atoms with van der Waals surface area (Å²) in [6.07, 6.45) is 0.250. The molecule has 0 saturated heterocycles. The molecule has 0 bridgehead atoms. The summed E-state index contributed by atoms with van der Waals surface area (Å²) in [5, 5.41) is 3.97. The monoisotopic (exact) mass is 212 g/mol. The van der Waals surface area contributed by atoms with Gasteiger partial charge in [-0.2, -0.15) is 14.7 Å². The van der Waals surface area contributed by atoms with Crippen molar-refractivity contribution < 1.29 is 19.1 Å². The quantitative estimate of drug-likeness (QED) is 0.660. The molecule has 15 heavy (non-hydrogen) atoms. The van der Waals surface area contributed by atoms with Gasteiger partial charge in [-0.3, -0.25) is 4.68 Å². The van der Waals surface area contributed by atoms with E-state index < -0.39 is 0 Å². The van der Waals surface area contributed by atoms with E-state index in [4.69, 9.17) is 14.3 Å². The number of carbonyl (C=O) groups is 1. The first kappa shape index (κ1) is 13.1. The molecule has 1 aromatic rings. The van der Waals surface area contributed by atoms with E-state index in [0.29, 0.717) is 12.3 Å². The summed E-state index contributed by atoms with van der Waals surface area (Å²) in [6.45, 7) is 4.04. The van der Waals surface area contributed by atoms with Crippen molar-refractivity contribution in [3.63, 3.8) is 0 Å². The van der Waals surface area contributed by atoms with Gasteiger partial charge in [0.15, 0.2) is 5.69 Å². The number of hydrogen-bond acceptors (Lipinski definition) is 5. The van der Waals surface area contributed by atoms with Crippen molar-refractivity contribution in [3.8, 4) is 0 Å². The molecule has 0 N–H and O–H groups in total. The van der Waals surface area contributed by atoms with Crippen LogP contribution in [0.4, 0.5) is 0 Å². The van der Waals surface area contributed by atoms with E-state index in [9.17, 15) is 4.79 Å². The highest BCUT2D eigenvalue weighted by Crippen LogP contribution is 2.02. The molecular formula is C9H12N2O4. The van der Waals surface area contributed by atoms with E-state index in [1.165, 1.54) is 0 Å². The van der Waals surface area contributed by atoms with Crippen LogP contribution >= 0.6 is 0 Å². The molecule has 1 heterocycles. The Kier molecular flexibility index (Phi) is 5.66. The molecule has 0 spiro atoms. The molecule has 1 rings (SSSR count). The third kappa shape index (κ3) is 4.19. The van der Waals surface area contributed by atoms with Crippen molar-refractivity contribution in [2.45, 2.75) is 13.8 Å². The smallest absolute Gasteiger partial charge is 0.373 e. The van der Waals surface area contributed by atoms with Gasteiger partial charge in [0, 0.05) is 12.7 Å². The minimum absolute atomic E-state index is 0.250. The second-order valence-corrected chi connectivity index (χ2v) is 2.60. The number of rotatable bonds is 2. The molecule has 0 radical (unpaired) electrons. The predicted molar refractivity (Wildman–Crippen MR) is 48.9 cm³/mol. The number of ether oxygens (including phenoxy) is 1. The lowest BCUT2D eigenvalue weighted by molar-refractivity contribution is -0.191. The van der Waals surface area contributed by atoms with Gasteiger partial charge in [0.1, 0.15) is 0 Å². The molecule has 0 atom stereocenters. The Bertz CT molecular complexity index is 345. The molecule has 0 fully saturated rings. The average molecular weight is 212 g/mol. The van der Waals surface area contributed by atoms with Crippen molar-refractivity contribution in [1.29, 1.82) is 0 Å². The fraction of sp³-hybridized carbons (Fsp3) is 0.444. The first-order chi connectivity index (χ1) is 7.06. The Hall–Kier alpha value is -1.94. The second-order valence-electron chi connectivity index (χ2n) is 2.60. The van der Waals surface area contributed by atoms with Gasteiger partial charge in [-0.1, -0.05) is 0 Å². The van der Waals surface area contributed by atoms with E-state index in [1.807, 2.05) is 6.92 Å². The Morgan fingerprint density at radius 2 is 2.13 bits per heavy atom. The highest BCUT2D eigenvalue weighted by molar-refractivity contribution is 5.87. The summed E-state index contributed by atoms with van der Waals surface area (Å²) in [6, 6.07) is 1.71. The number of esters is 1. The van der Waals surface area contributed by atoms with Crippen LogP contribution in [-0.2, 0) is 21.4 Å². The van der Waals surface area contributed by atoms with Crippen molar-refractivity contribution in [1.82, 2.24) is 9.78 Å². The maximum Gasteiger partial charge on any atom is 0.373 e. The van der Waals surface area contributed by atoms with Gasteiger partial charge in [-0.25, -0.2) is 4.79 Å². The van der Waals surface area contributed by atoms with Gasteiger partial charge < -0.3 is 4.74 Å². The SMILES string of the molecule is CCOC(=O)c1cc(C)n(C)n1.O=C=O. The van der Waals surface area contributed by atoms with Crippen molar-refractivity contribution in [2.75, 3.05) is 6.61 Å². The maximum absolute atomic E-state index is 11.1. The Balaban J connectivity index is 0.000000583. The van der Waals surface area contributed by atoms with Crippen LogP contribution in [0.25, 0.3) is 0 Å².